The van der Waals surface area contributed by atoms with Crippen LogP contribution in [0, 0.1) is 5.92 Å². The molecule has 1 saturated carbocycles. The van der Waals surface area contributed by atoms with E-state index in [4.69, 9.17) is 0 Å². The topological polar surface area (TPSA) is 66.4 Å². The first-order valence-electron chi connectivity index (χ1n) is 5.97. The number of carbonyl (C=O) groups is 2. The minimum atomic E-state index is -4.65. The number of ether oxygens (including phenoxy) is 1. The number of carboxylic acid groups (broad SMARTS) is 1. The highest BCUT2D eigenvalue weighted by molar-refractivity contribution is 5.90. The lowest BCUT2D eigenvalue weighted by atomic mass is 9.85. The van der Waals surface area contributed by atoms with Crippen LogP contribution in [0.2, 0.25) is 0 Å². The number of alkyl halides is 3. The van der Waals surface area contributed by atoms with Crippen LogP contribution in [0.1, 0.15) is 32.1 Å². The lowest BCUT2D eigenvalue weighted by Crippen LogP contribution is -2.40. The second-order valence-electron chi connectivity index (χ2n) is 4.45. The summed E-state index contributed by atoms with van der Waals surface area (Å²) in [6.45, 7) is 0. The van der Waals surface area contributed by atoms with Crippen LogP contribution in [-0.4, -0.2) is 24.2 Å². The highest BCUT2D eigenvalue weighted by Crippen LogP contribution is 2.36. The first kappa shape index (κ1) is 15.5. The Hall–Kier alpha value is -1.53. The normalized spacial score (nSPS) is 19.3. The van der Waals surface area contributed by atoms with Crippen molar-refractivity contribution in [2.75, 3.05) is 0 Å². The van der Waals surface area contributed by atoms with Gasteiger partial charge in [-0.1, -0.05) is 19.3 Å². The van der Waals surface area contributed by atoms with Gasteiger partial charge in [0.2, 0.25) is 0 Å². The van der Waals surface area contributed by atoms with E-state index in [1.165, 1.54) is 0 Å². The molecule has 0 aromatic heterocycles. The minimum Gasteiger partial charge on any atom is -0.545 e. The number of halogens is 3. The van der Waals surface area contributed by atoms with Gasteiger partial charge >= 0.3 is 12.1 Å². The maximum atomic E-state index is 12.8. The molecule has 7 heteroatoms. The molecule has 1 aliphatic carbocycles. The minimum absolute atomic E-state index is 0.344. The van der Waals surface area contributed by atoms with Crippen molar-refractivity contribution in [3.05, 3.63) is 12.2 Å². The van der Waals surface area contributed by atoms with Gasteiger partial charge in [-0.3, -0.25) is 0 Å². The summed E-state index contributed by atoms with van der Waals surface area (Å²) < 4.78 is 42.9. The molecule has 1 unspecified atom stereocenters. The van der Waals surface area contributed by atoms with Crippen LogP contribution in [0.5, 0.6) is 0 Å². The number of aliphatic carboxylic acids is 1. The molecular weight excluding hydrogens is 265 g/mol. The molecule has 0 amide bonds. The van der Waals surface area contributed by atoms with Gasteiger partial charge in [0.05, 0.1) is 5.97 Å². The quantitative estimate of drug-likeness (QED) is 0.575. The molecule has 0 aromatic rings. The zero-order valence-corrected chi connectivity index (χ0v) is 10.1. The molecular formula is C12H14F3O4-. The molecule has 0 saturated heterocycles. The van der Waals surface area contributed by atoms with Crippen LogP contribution in [0.3, 0.4) is 0 Å². The maximum absolute atomic E-state index is 12.8. The third kappa shape index (κ3) is 5.32. The second kappa shape index (κ2) is 6.58. The fourth-order valence-corrected chi connectivity index (χ4v) is 2.17. The summed E-state index contributed by atoms with van der Waals surface area (Å²) in [6.07, 6.45) is -3.14. The van der Waals surface area contributed by atoms with Crippen molar-refractivity contribution in [1.29, 1.82) is 0 Å². The number of rotatable bonds is 4. The highest BCUT2D eigenvalue weighted by Gasteiger charge is 2.47. The van der Waals surface area contributed by atoms with Gasteiger partial charge in [-0.15, -0.1) is 0 Å². The van der Waals surface area contributed by atoms with Gasteiger partial charge in [0.1, 0.15) is 0 Å². The predicted molar refractivity (Wildman–Crippen MR) is 56.7 cm³/mol. The maximum Gasteiger partial charge on any atom is 0.425 e. The standard InChI is InChI=1S/C12H15F3O4/c13-12(14,15)11(8-4-2-1-3-5-8)19-10(18)7-6-9(16)17/h6-8,11H,1-5H2,(H,16,17)/p-1. The van der Waals surface area contributed by atoms with Crippen molar-refractivity contribution >= 4 is 11.9 Å². The Kier molecular flexibility index (Phi) is 5.38. The van der Waals surface area contributed by atoms with Crippen LogP contribution < -0.4 is 5.11 Å². The van der Waals surface area contributed by atoms with E-state index in [2.05, 4.69) is 4.74 Å². The van der Waals surface area contributed by atoms with E-state index in [-0.39, 0.29) is 0 Å². The van der Waals surface area contributed by atoms with E-state index in [0.29, 0.717) is 37.8 Å². The van der Waals surface area contributed by atoms with Gasteiger partial charge in [-0.2, -0.15) is 13.2 Å². The van der Waals surface area contributed by atoms with Gasteiger partial charge in [0.15, 0.2) is 6.10 Å². The summed E-state index contributed by atoms with van der Waals surface area (Å²) in [5.74, 6) is -3.75. The van der Waals surface area contributed by atoms with Crippen molar-refractivity contribution in [2.45, 2.75) is 44.4 Å². The van der Waals surface area contributed by atoms with Gasteiger partial charge in [-0.25, -0.2) is 4.79 Å². The van der Waals surface area contributed by atoms with Crippen LogP contribution >= 0.6 is 0 Å². The molecule has 0 N–H and O–H groups in total. The monoisotopic (exact) mass is 279 g/mol. The van der Waals surface area contributed by atoms with Gasteiger partial charge in [0.25, 0.3) is 0 Å². The van der Waals surface area contributed by atoms with Crippen LogP contribution in [-0.2, 0) is 14.3 Å². The summed E-state index contributed by atoms with van der Waals surface area (Å²) in [5.41, 5.74) is 0. The average Bonchev–Trinajstić information content (AvgIpc) is 2.33. The van der Waals surface area contributed by atoms with Gasteiger partial charge in [0, 0.05) is 12.0 Å². The fraction of sp³-hybridized carbons (Fsp3) is 0.667. The zero-order valence-electron chi connectivity index (χ0n) is 10.1. The van der Waals surface area contributed by atoms with E-state index in [1.54, 1.807) is 0 Å². The van der Waals surface area contributed by atoms with Crippen LogP contribution in [0.15, 0.2) is 12.2 Å². The number of esters is 1. The number of carbonyl (C=O) groups excluding carboxylic acids is 2. The Morgan fingerprint density at radius 1 is 1.16 bits per heavy atom. The van der Waals surface area contributed by atoms with E-state index >= 15 is 0 Å². The SMILES string of the molecule is O=C([O-])C=CC(=O)OC(C1CCCCC1)C(F)(F)F. The number of hydrogen-bond acceptors (Lipinski definition) is 4. The zero-order chi connectivity index (χ0) is 14.5. The van der Waals surface area contributed by atoms with E-state index in [0.717, 1.165) is 6.42 Å². The predicted octanol–water partition coefficient (Wildman–Crippen LogP) is 1.35. The molecule has 1 fully saturated rings. The lowest BCUT2D eigenvalue weighted by Gasteiger charge is -2.30. The molecule has 1 rings (SSSR count). The molecule has 4 nitrogen and oxygen atoms in total. The fourth-order valence-electron chi connectivity index (χ4n) is 2.17. The van der Waals surface area contributed by atoms with Crippen molar-refractivity contribution in [3.8, 4) is 0 Å². The summed E-state index contributed by atoms with van der Waals surface area (Å²) in [6, 6.07) is 0. The van der Waals surface area contributed by atoms with Crippen molar-refractivity contribution < 1.29 is 32.6 Å². The third-order valence-electron chi connectivity index (χ3n) is 3.00. The Labute approximate surface area is 108 Å². The highest BCUT2D eigenvalue weighted by atomic mass is 19.4. The molecule has 0 aliphatic heterocycles. The van der Waals surface area contributed by atoms with Crippen molar-refractivity contribution in [1.82, 2.24) is 0 Å². The molecule has 0 bridgehead atoms. The van der Waals surface area contributed by atoms with Crippen LogP contribution in [0.25, 0.3) is 0 Å². The molecule has 1 atom stereocenters. The Balaban J connectivity index is 2.69. The Morgan fingerprint density at radius 3 is 2.21 bits per heavy atom. The van der Waals surface area contributed by atoms with E-state index < -0.39 is 30.1 Å². The Morgan fingerprint density at radius 2 is 1.74 bits per heavy atom. The smallest absolute Gasteiger partial charge is 0.425 e. The lowest BCUT2D eigenvalue weighted by molar-refractivity contribution is -0.297. The molecule has 0 aromatic carbocycles. The molecule has 19 heavy (non-hydrogen) atoms. The molecule has 0 radical (unpaired) electrons. The first-order valence-corrected chi connectivity index (χ1v) is 5.97. The summed E-state index contributed by atoms with van der Waals surface area (Å²) in [7, 11) is 0. The van der Waals surface area contributed by atoms with Crippen LogP contribution in [0.4, 0.5) is 13.2 Å². The number of carboxylic acids is 1. The summed E-state index contributed by atoms with van der Waals surface area (Å²) in [5, 5.41) is 10.1. The van der Waals surface area contributed by atoms with Gasteiger partial charge < -0.3 is 14.6 Å². The molecule has 0 spiro atoms. The third-order valence-corrected chi connectivity index (χ3v) is 3.00. The molecule has 0 heterocycles. The molecule has 108 valence electrons. The second-order valence-corrected chi connectivity index (χ2v) is 4.45. The summed E-state index contributed by atoms with van der Waals surface area (Å²) in [4.78, 5) is 21.2. The van der Waals surface area contributed by atoms with Crippen molar-refractivity contribution in [3.63, 3.8) is 0 Å². The summed E-state index contributed by atoms with van der Waals surface area (Å²) >= 11 is 0. The largest absolute Gasteiger partial charge is 0.545 e. The molecule has 1 aliphatic rings. The number of hydrogen-bond donors (Lipinski definition) is 0. The van der Waals surface area contributed by atoms with Crippen molar-refractivity contribution in [2.24, 2.45) is 5.92 Å². The van der Waals surface area contributed by atoms with E-state index in [9.17, 15) is 27.9 Å². The average molecular weight is 279 g/mol. The Bertz CT molecular complexity index is 356. The van der Waals surface area contributed by atoms with Gasteiger partial charge in [-0.05, 0) is 18.9 Å². The first-order chi connectivity index (χ1) is 8.80. The van der Waals surface area contributed by atoms with E-state index in [1.807, 2.05) is 0 Å².